The highest BCUT2D eigenvalue weighted by Crippen LogP contribution is 2.42. The molecule has 42 heavy (non-hydrogen) atoms. The number of para-hydroxylation sites is 2. The Morgan fingerprint density at radius 3 is 2.71 bits per heavy atom. The first kappa shape index (κ1) is 26.0. The number of nitrogens with zero attached hydrogens (tertiary/aromatic N) is 5. The van der Waals surface area contributed by atoms with Gasteiger partial charge in [0.2, 0.25) is 5.95 Å². The minimum absolute atomic E-state index is 0.154. The fourth-order valence-corrected chi connectivity index (χ4v) is 6.59. The minimum atomic E-state index is -0.199. The minimum Gasteiger partial charge on any atom is -0.491 e. The normalized spacial score (nSPS) is 14.1. The number of pyridine rings is 1. The van der Waals surface area contributed by atoms with Crippen molar-refractivity contribution in [1.29, 1.82) is 0 Å². The fourth-order valence-electron chi connectivity index (χ4n) is 5.45. The lowest BCUT2D eigenvalue weighted by atomic mass is 10.1. The van der Waals surface area contributed by atoms with Crippen LogP contribution in [0.25, 0.3) is 10.4 Å². The van der Waals surface area contributed by atoms with E-state index < -0.39 is 0 Å². The third-order valence-electron chi connectivity index (χ3n) is 7.60. The molecule has 2 amide bonds. The molecule has 5 aromatic rings. The zero-order valence-electron chi connectivity index (χ0n) is 23.0. The monoisotopic (exact) mass is 576 g/mol. The summed E-state index contributed by atoms with van der Waals surface area (Å²) < 4.78 is 7.69. The number of fused-ring (bicyclic) bond motifs is 4. The molecule has 0 fully saturated rings. The molecular formula is C32H28N6O3S. The van der Waals surface area contributed by atoms with Gasteiger partial charge in [-0.15, -0.1) is 11.3 Å². The van der Waals surface area contributed by atoms with Gasteiger partial charge in [-0.2, -0.15) is 0 Å². The van der Waals surface area contributed by atoms with Crippen molar-refractivity contribution in [3.05, 3.63) is 107 Å². The summed E-state index contributed by atoms with van der Waals surface area (Å²) in [5.41, 5.74) is 4.26. The second kappa shape index (κ2) is 10.8. The lowest BCUT2D eigenvalue weighted by Gasteiger charge is -2.24. The number of rotatable bonds is 4. The van der Waals surface area contributed by atoms with Crippen molar-refractivity contribution in [1.82, 2.24) is 14.5 Å². The maximum atomic E-state index is 14.0. The van der Waals surface area contributed by atoms with Crippen LogP contribution in [0, 0.1) is 0 Å². The Bertz CT molecular complexity index is 1810. The number of aryl methyl sites for hydroxylation is 1. The molecule has 0 aliphatic carbocycles. The van der Waals surface area contributed by atoms with Crippen molar-refractivity contribution in [3.8, 4) is 16.2 Å². The molecule has 2 aliphatic heterocycles. The first-order valence-electron chi connectivity index (χ1n) is 13.8. The van der Waals surface area contributed by atoms with Crippen LogP contribution in [-0.2, 0) is 20.0 Å². The fraction of sp³-hybridized carbons (Fsp3) is 0.188. The molecule has 3 aromatic heterocycles. The molecule has 0 atom stereocenters. The van der Waals surface area contributed by atoms with Crippen LogP contribution in [0.1, 0.15) is 31.3 Å². The van der Waals surface area contributed by atoms with Crippen LogP contribution in [0.5, 0.6) is 5.75 Å². The highest BCUT2D eigenvalue weighted by Gasteiger charge is 2.29. The highest BCUT2D eigenvalue weighted by atomic mass is 32.1. The topological polar surface area (TPSA) is 92.6 Å². The second-order valence-electron chi connectivity index (χ2n) is 10.3. The average molecular weight is 577 g/mol. The van der Waals surface area contributed by atoms with Crippen molar-refractivity contribution in [2.45, 2.75) is 13.0 Å². The van der Waals surface area contributed by atoms with Gasteiger partial charge in [0.1, 0.15) is 23.9 Å². The van der Waals surface area contributed by atoms with Crippen LogP contribution >= 0.6 is 11.3 Å². The molecule has 7 rings (SSSR count). The van der Waals surface area contributed by atoms with Crippen molar-refractivity contribution in [2.75, 3.05) is 34.8 Å². The number of amides is 2. The summed E-state index contributed by atoms with van der Waals surface area (Å²) in [6.07, 6.45) is 4.04. The molecular weight excluding hydrogens is 548 g/mol. The van der Waals surface area contributed by atoms with Crippen LogP contribution in [0.4, 0.5) is 17.5 Å². The second-order valence-corrected chi connectivity index (χ2v) is 11.3. The maximum absolute atomic E-state index is 14.0. The number of ether oxygens (including phenoxy) is 1. The standard InChI is InChI=1S/C32H28N6O3S/c1-36-16-14-33-32(36)35-30(39)27-19-21-13-15-38(25-10-4-3-8-23(25)29(21)42-27)31(40)24-9-6-12-28(34-24)37-17-18-41-26-11-5-2-7-22(26)20-37/h2-12,14,16,19H,13,15,17-18,20H2,1H3,(H,33,35,39). The molecule has 0 spiro atoms. The van der Waals surface area contributed by atoms with E-state index in [-0.39, 0.29) is 11.8 Å². The summed E-state index contributed by atoms with van der Waals surface area (Å²) >= 11 is 1.43. The Hall–Kier alpha value is -4.96. The Balaban J connectivity index is 1.16. The van der Waals surface area contributed by atoms with Gasteiger partial charge in [0.05, 0.1) is 17.1 Å². The summed E-state index contributed by atoms with van der Waals surface area (Å²) in [6.45, 7) is 2.34. The van der Waals surface area contributed by atoms with E-state index in [9.17, 15) is 9.59 Å². The van der Waals surface area contributed by atoms with E-state index in [0.29, 0.717) is 49.2 Å². The lowest BCUT2D eigenvalue weighted by molar-refractivity contribution is 0.0981. The van der Waals surface area contributed by atoms with Gasteiger partial charge in [0.15, 0.2) is 0 Å². The van der Waals surface area contributed by atoms with E-state index >= 15 is 0 Å². The molecule has 0 unspecified atom stereocenters. The number of imidazole rings is 1. The quantitative estimate of drug-likeness (QED) is 0.308. The summed E-state index contributed by atoms with van der Waals surface area (Å²) in [5, 5.41) is 2.88. The molecule has 0 bridgehead atoms. The third-order valence-corrected chi connectivity index (χ3v) is 8.81. The zero-order valence-corrected chi connectivity index (χ0v) is 23.8. The van der Waals surface area contributed by atoms with Crippen LogP contribution < -0.4 is 19.9 Å². The number of aromatic nitrogens is 3. The van der Waals surface area contributed by atoms with Gasteiger partial charge in [0.25, 0.3) is 11.8 Å². The molecule has 0 saturated heterocycles. The molecule has 0 saturated carbocycles. The largest absolute Gasteiger partial charge is 0.491 e. The Morgan fingerprint density at radius 1 is 0.976 bits per heavy atom. The van der Waals surface area contributed by atoms with E-state index in [4.69, 9.17) is 9.72 Å². The predicted octanol–water partition coefficient (Wildman–Crippen LogP) is 5.40. The number of hydrogen-bond donors (Lipinski definition) is 1. The predicted molar refractivity (Wildman–Crippen MR) is 164 cm³/mol. The number of carbonyl (C=O) groups excluding carboxylic acids is 2. The summed E-state index contributed by atoms with van der Waals surface area (Å²) in [5.74, 6) is 1.77. The Morgan fingerprint density at radius 2 is 1.83 bits per heavy atom. The molecule has 1 N–H and O–H groups in total. The van der Waals surface area contributed by atoms with Crippen LogP contribution in [0.15, 0.2) is 85.2 Å². The Kier molecular flexibility index (Phi) is 6.67. The van der Waals surface area contributed by atoms with Crippen molar-refractivity contribution in [3.63, 3.8) is 0 Å². The molecule has 210 valence electrons. The lowest BCUT2D eigenvalue weighted by Crippen LogP contribution is -2.34. The van der Waals surface area contributed by atoms with Crippen molar-refractivity contribution in [2.24, 2.45) is 7.05 Å². The van der Waals surface area contributed by atoms with E-state index in [0.717, 1.165) is 38.8 Å². The highest BCUT2D eigenvalue weighted by molar-refractivity contribution is 7.17. The van der Waals surface area contributed by atoms with Gasteiger partial charge in [-0.3, -0.25) is 14.9 Å². The van der Waals surface area contributed by atoms with Crippen molar-refractivity contribution >= 4 is 40.6 Å². The number of carbonyl (C=O) groups is 2. The van der Waals surface area contributed by atoms with Gasteiger partial charge < -0.3 is 19.1 Å². The van der Waals surface area contributed by atoms with E-state index in [1.807, 2.05) is 72.6 Å². The van der Waals surface area contributed by atoms with Gasteiger partial charge in [-0.1, -0.05) is 42.5 Å². The van der Waals surface area contributed by atoms with Crippen LogP contribution in [0.3, 0.4) is 0 Å². The van der Waals surface area contributed by atoms with Gasteiger partial charge >= 0.3 is 0 Å². The molecule has 2 aromatic carbocycles. The Labute approximate surface area is 247 Å². The number of thiophene rings is 1. The number of benzene rings is 2. The summed E-state index contributed by atoms with van der Waals surface area (Å²) in [6, 6.07) is 23.4. The van der Waals surface area contributed by atoms with E-state index in [2.05, 4.69) is 21.3 Å². The third kappa shape index (κ3) is 4.79. The summed E-state index contributed by atoms with van der Waals surface area (Å²) in [7, 11) is 1.83. The summed E-state index contributed by atoms with van der Waals surface area (Å²) in [4.78, 5) is 41.7. The van der Waals surface area contributed by atoms with Crippen LogP contribution in [0.2, 0.25) is 0 Å². The number of nitrogens with one attached hydrogen (secondary N) is 1. The zero-order chi connectivity index (χ0) is 28.6. The van der Waals surface area contributed by atoms with Gasteiger partial charge in [-0.25, -0.2) is 9.97 Å². The SMILES string of the molecule is Cn1ccnc1NC(=O)c1cc2c(s1)-c1ccccc1N(C(=O)c1cccc(N3CCOc4ccccc4C3)n1)CC2. The first-order valence-corrected chi connectivity index (χ1v) is 14.6. The average Bonchev–Trinajstić information content (AvgIpc) is 3.51. The molecule has 5 heterocycles. The first-order chi connectivity index (χ1) is 20.5. The van der Waals surface area contributed by atoms with Gasteiger partial charge in [-0.05, 0) is 42.3 Å². The maximum Gasteiger partial charge on any atom is 0.276 e. The molecule has 0 radical (unpaired) electrons. The molecule has 10 heteroatoms. The van der Waals surface area contributed by atoms with Crippen LogP contribution in [-0.4, -0.2) is 46.0 Å². The molecule has 9 nitrogen and oxygen atoms in total. The smallest absolute Gasteiger partial charge is 0.276 e. The van der Waals surface area contributed by atoms with E-state index in [1.54, 1.807) is 23.0 Å². The number of hydrogen-bond acceptors (Lipinski definition) is 7. The number of anilines is 3. The van der Waals surface area contributed by atoms with E-state index in [1.165, 1.54) is 11.3 Å². The molecule has 2 aliphatic rings. The van der Waals surface area contributed by atoms with Gasteiger partial charge in [0, 0.05) is 48.5 Å². The van der Waals surface area contributed by atoms with Crippen molar-refractivity contribution < 1.29 is 14.3 Å².